The summed E-state index contributed by atoms with van der Waals surface area (Å²) in [6.45, 7) is 4.59. The molecule has 2 aromatic carbocycles. The minimum atomic E-state index is 0.884. The van der Waals surface area contributed by atoms with Gasteiger partial charge >= 0.3 is 0 Å². The highest BCUT2D eigenvalue weighted by Crippen LogP contribution is 2.22. The van der Waals surface area contributed by atoms with Crippen LogP contribution in [0.3, 0.4) is 0 Å². The van der Waals surface area contributed by atoms with Gasteiger partial charge in [0.25, 0.3) is 0 Å². The minimum Gasteiger partial charge on any atom is -0.255 e. The fourth-order valence-corrected chi connectivity index (χ4v) is 7.84. The van der Waals surface area contributed by atoms with Gasteiger partial charge in [0.1, 0.15) is 0 Å². The standard InChI is InChI=1S/C56H88N2/c1-3-5-7-9-11-13-15-17-19-21-23-25-27-29-31-33-35-37-39-45-53-47-41-43-49-55(53)57-51-52-58-56-50-44-42-48-54(56)46-40-38-36-34-32-30-28-26-24-22-20-18-16-14-12-10-8-6-4-2/h41-44,47-52H,3-34,39-40,45-46H2,1-2H3. The molecule has 0 aliphatic carbocycles. The topological polar surface area (TPSA) is 24.7 Å². The molecule has 0 atom stereocenters. The van der Waals surface area contributed by atoms with E-state index in [1.54, 1.807) is 0 Å². The number of para-hydroxylation sites is 2. The minimum absolute atomic E-state index is 0.884. The Labute approximate surface area is 360 Å². The van der Waals surface area contributed by atoms with Crippen molar-refractivity contribution in [1.82, 2.24) is 0 Å². The molecule has 0 aliphatic heterocycles. The Morgan fingerprint density at radius 3 is 0.897 bits per heavy atom. The van der Waals surface area contributed by atoms with Gasteiger partial charge in [0.2, 0.25) is 0 Å². The van der Waals surface area contributed by atoms with Gasteiger partial charge in [0, 0.05) is 38.1 Å². The molecular weight excluding hydrogens is 701 g/mol. The lowest BCUT2D eigenvalue weighted by atomic mass is 10.0. The Hall–Kier alpha value is -3.10. The number of hydrogen-bond donors (Lipinski definition) is 0. The van der Waals surface area contributed by atoms with Crippen molar-refractivity contribution in [2.45, 2.75) is 245 Å². The first-order valence-electron chi connectivity index (χ1n) is 25.0. The maximum absolute atomic E-state index is 4.76. The molecule has 0 saturated carbocycles. The zero-order chi connectivity index (χ0) is 41.1. The lowest BCUT2D eigenvalue weighted by Gasteiger charge is -2.03. The molecule has 58 heavy (non-hydrogen) atoms. The van der Waals surface area contributed by atoms with Crippen LogP contribution in [0.15, 0.2) is 58.5 Å². The van der Waals surface area contributed by atoms with Crippen LogP contribution in [0.25, 0.3) is 0 Å². The molecule has 0 aromatic heterocycles. The maximum atomic E-state index is 4.76. The summed E-state index contributed by atoms with van der Waals surface area (Å²) < 4.78 is 0. The van der Waals surface area contributed by atoms with Crippen molar-refractivity contribution < 1.29 is 0 Å². The lowest BCUT2D eigenvalue weighted by Crippen LogP contribution is -1.87. The van der Waals surface area contributed by atoms with Crippen molar-refractivity contribution in [2.75, 3.05) is 0 Å². The molecule has 2 heteroatoms. The molecule has 2 aromatic rings. The van der Waals surface area contributed by atoms with Gasteiger partial charge in [-0.3, -0.25) is 9.98 Å². The highest BCUT2D eigenvalue weighted by Gasteiger charge is 2.01. The summed E-state index contributed by atoms with van der Waals surface area (Å²) in [6, 6.07) is 16.9. The van der Waals surface area contributed by atoms with E-state index in [1.807, 2.05) is 12.4 Å². The van der Waals surface area contributed by atoms with Gasteiger partial charge in [-0.1, -0.05) is 230 Å². The number of benzene rings is 2. The predicted octanol–water partition coefficient (Wildman–Crippen LogP) is 18.2. The number of hydrogen-bond acceptors (Lipinski definition) is 2. The van der Waals surface area contributed by atoms with E-state index in [0.717, 1.165) is 49.9 Å². The quantitative estimate of drug-likeness (QED) is 0.0370. The van der Waals surface area contributed by atoms with Crippen molar-refractivity contribution >= 4 is 23.8 Å². The van der Waals surface area contributed by atoms with Gasteiger partial charge in [-0.25, -0.2) is 0 Å². The molecule has 0 fully saturated rings. The molecular formula is C56H88N2. The summed E-state index contributed by atoms with van der Waals surface area (Å²) in [4.78, 5) is 9.52. The van der Waals surface area contributed by atoms with Crippen molar-refractivity contribution in [1.29, 1.82) is 0 Å². The fourth-order valence-electron chi connectivity index (χ4n) is 7.84. The second-order valence-electron chi connectivity index (χ2n) is 16.9. The molecule has 0 radical (unpaired) electrons. The normalized spacial score (nSPS) is 11.3. The van der Waals surface area contributed by atoms with Gasteiger partial charge in [-0.2, -0.15) is 0 Å². The number of rotatable bonds is 37. The van der Waals surface area contributed by atoms with Gasteiger partial charge in [0.15, 0.2) is 0 Å². The van der Waals surface area contributed by atoms with Crippen molar-refractivity contribution in [2.24, 2.45) is 9.98 Å². The summed E-state index contributed by atoms with van der Waals surface area (Å²) in [5, 5.41) is 0. The zero-order valence-corrected chi connectivity index (χ0v) is 38.1. The van der Waals surface area contributed by atoms with Crippen LogP contribution < -0.4 is 0 Å². The molecule has 0 aliphatic rings. The average Bonchev–Trinajstić information content (AvgIpc) is 3.25. The lowest BCUT2D eigenvalue weighted by molar-refractivity contribution is 0.533. The Kier molecular flexibility index (Phi) is 35.8. The van der Waals surface area contributed by atoms with Crippen LogP contribution in [-0.2, 0) is 12.8 Å². The molecule has 0 unspecified atom stereocenters. The van der Waals surface area contributed by atoms with E-state index < -0.39 is 0 Å². The molecule has 0 heterocycles. The Balaban J connectivity index is 1.52. The van der Waals surface area contributed by atoms with Crippen LogP contribution in [0.2, 0.25) is 0 Å². The Morgan fingerprint density at radius 2 is 0.586 bits per heavy atom. The zero-order valence-electron chi connectivity index (χ0n) is 38.1. The molecule has 2 rings (SSSR count). The summed E-state index contributed by atoms with van der Waals surface area (Å²) in [6.07, 6.45) is 51.5. The molecule has 0 bridgehead atoms. The number of aliphatic imine (C=N–C) groups is 2. The smallest absolute Gasteiger partial charge is 0.0662 e. The SMILES string of the molecule is CCCCCCCCCCCCCCCCCC#CCCc1ccccc1N=CC=Nc1ccccc1CCC#CCCCCCCCCCCCCCCCCC. The summed E-state index contributed by atoms with van der Waals surface area (Å²) >= 11 is 0. The van der Waals surface area contributed by atoms with Crippen LogP contribution in [0.5, 0.6) is 0 Å². The molecule has 0 amide bonds. The van der Waals surface area contributed by atoms with E-state index in [9.17, 15) is 0 Å². The molecule has 2 nitrogen and oxygen atoms in total. The third-order valence-electron chi connectivity index (χ3n) is 11.6. The van der Waals surface area contributed by atoms with Crippen LogP contribution in [0.1, 0.15) is 243 Å². The summed E-state index contributed by atoms with van der Waals surface area (Å²) in [5.41, 5.74) is 4.51. The first-order valence-corrected chi connectivity index (χ1v) is 25.0. The fraction of sp³-hybridized carbons (Fsp3) is 0.679. The number of unbranched alkanes of at least 4 members (excludes halogenated alkanes) is 30. The monoisotopic (exact) mass is 789 g/mol. The van der Waals surface area contributed by atoms with Crippen molar-refractivity contribution in [3.8, 4) is 23.7 Å². The first-order chi connectivity index (χ1) is 28.8. The van der Waals surface area contributed by atoms with Crippen LogP contribution in [0, 0.1) is 23.7 Å². The Morgan fingerprint density at radius 1 is 0.328 bits per heavy atom. The third-order valence-corrected chi connectivity index (χ3v) is 11.6. The van der Waals surface area contributed by atoms with Crippen LogP contribution in [-0.4, -0.2) is 12.4 Å². The van der Waals surface area contributed by atoms with E-state index in [-0.39, 0.29) is 0 Å². The van der Waals surface area contributed by atoms with Gasteiger partial charge < -0.3 is 0 Å². The molecule has 0 saturated heterocycles. The first kappa shape index (κ1) is 51.0. The highest BCUT2D eigenvalue weighted by atomic mass is 14.8. The van der Waals surface area contributed by atoms with Crippen LogP contribution in [0.4, 0.5) is 11.4 Å². The second-order valence-corrected chi connectivity index (χ2v) is 16.9. The number of aryl methyl sites for hydroxylation is 2. The van der Waals surface area contributed by atoms with E-state index in [4.69, 9.17) is 9.98 Å². The van der Waals surface area contributed by atoms with E-state index in [1.165, 1.54) is 204 Å². The van der Waals surface area contributed by atoms with Gasteiger partial charge in [-0.05, 0) is 48.9 Å². The van der Waals surface area contributed by atoms with Gasteiger partial charge in [0.05, 0.1) is 11.4 Å². The van der Waals surface area contributed by atoms with Crippen LogP contribution >= 0.6 is 0 Å². The van der Waals surface area contributed by atoms with E-state index in [0.29, 0.717) is 0 Å². The van der Waals surface area contributed by atoms with Crippen molar-refractivity contribution in [3.63, 3.8) is 0 Å². The maximum Gasteiger partial charge on any atom is 0.0662 e. The summed E-state index contributed by atoms with van der Waals surface area (Å²) in [7, 11) is 0. The molecule has 0 spiro atoms. The van der Waals surface area contributed by atoms with E-state index >= 15 is 0 Å². The highest BCUT2D eigenvalue weighted by molar-refractivity contribution is 6.17. The predicted molar refractivity (Wildman–Crippen MR) is 260 cm³/mol. The number of nitrogens with zero attached hydrogens (tertiary/aromatic N) is 2. The average molecular weight is 789 g/mol. The third kappa shape index (κ3) is 30.9. The second kappa shape index (κ2) is 40.7. The Bertz CT molecular complexity index is 1290. The largest absolute Gasteiger partial charge is 0.255 e. The van der Waals surface area contributed by atoms with E-state index in [2.05, 4.69) is 86.1 Å². The molecule has 322 valence electrons. The summed E-state index contributed by atoms with van der Waals surface area (Å²) in [5.74, 6) is 13.7. The van der Waals surface area contributed by atoms with Crippen molar-refractivity contribution in [3.05, 3.63) is 59.7 Å². The molecule has 0 N–H and O–H groups in total. The van der Waals surface area contributed by atoms with Gasteiger partial charge in [-0.15, -0.1) is 23.7 Å².